The summed E-state index contributed by atoms with van der Waals surface area (Å²) in [5.41, 5.74) is 4.08. The normalized spacial score (nSPS) is 20.0. The Bertz CT molecular complexity index is 907. The maximum atomic E-state index is 13.2. The minimum Gasteiger partial charge on any atom is -0.324 e. The van der Waals surface area contributed by atoms with Gasteiger partial charge < -0.3 is 10.2 Å². The topological polar surface area (TPSA) is 52.7 Å². The van der Waals surface area contributed by atoms with E-state index in [0.29, 0.717) is 18.7 Å². The number of benzene rings is 2. The number of rotatable bonds is 3. The van der Waals surface area contributed by atoms with Gasteiger partial charge in [-0.15, -0.1) is 0 Å². The third-order valence-electron chi connectivity index (χ3n) is 5.42. The molecule has 144 valence electrons. The molecule has 0 fully saturated rings. The summed E-state index contributed by atoms with van der Waals surface area (Å²) in [6, 6.07) is 17.8. The fraction of sp³-hybridized carbons (Fsp3) is 0.304. The van der Waals surface area contributed by atoms with Crippen LogP contribution in [0.4, 0.5) is 11.4 Å². The molecule has 0 aromatic heterocycles. The molecule has 0 spiro atoms. The molecule has 2 aromatic rings. The number of para-hydroxylation sites is 2. The van der Waals surface area contributed by atoms with Gasteiger partial charge in [-0.25, -0.2) is 0 Å². The summed E-state index contributed by atoms with van der Waals surface area (Å²) < 4.78 is 0. The molecule has 0 saturated heterocycles. The van der Waals surface area contributed by atoms with Crippen molar-refractivity contribution >= 4 is 28.8 Å². The molecule has 0 radical (unpaired) electrons. The first-order valence-corrected chi connectivity index (χ1v) is 9.79. The van der Waals surface area contributed by atoms with Gasteiger partial charge in [-0.05, 0) is 36.6 Å². The van der Waals surface area contributed by atoms with Gasteiger partial charge in [0.1, 0.15) is 0 Å². The van der Waals surface area contributed by atoms with Crippen LogP contribution in [0.15, 0.2) is 60.7 Å². The van der Waals surface area contributed by atoms with Crippen LogP contribution in [0.5, 0.6) is 0 Å². The molecule has 2 aromatic carbocycles. The van der Waals surface area contributed by atoms with E-state index < -0.39 is 0 Å². The summed E-state index contributed by atoms with van der Waals surface area (Å²) in [7, 11) is 0. The van der Waals surface area contributed by atoms with E-state index in [1.807, 2.05) is 37.3 Å². The van der Waals surface area contributed by atoms with Crippen molar-refractivity contribution < 1.29 is 9.59 Å². The zero-order chi connectivity index (χ0) is 19.5. The second-order valence-electron chi connectivity index (χ2n) is 7.46. The zero-order valence-corrected chi connectivity index (χ0v) is 16.1. The molecule has 1 N–H and O–H groups in total. The highest BCUT2D eigenvalue weighted by Gasteiger charge is 2.30. The first-order chi connectivity index (χ1) is 13.6. The molecule has 0 saturated carbocycles. The minimum absolute atomic E-state index is 0.0352. The van der Waals surface area contributed by atoms with Crippen LogP contribution in [0.25, 0.3) is 5.57 Å². The third-order valence-corrected chi connectivity index (χ3v) is 5.42. The van der Waals surface area contributed by atoms with E-state index in [2.05, 4.69) is 40.6 Å². The Morgan fingerprint density at radius 2 is 1.86 bits per heavy atom. The molecule has 1 atom stereocenters. The summed E-state index contributed by atoms with van der Waals surface area (Å²) in [5, 5.41) is 2.91. The lowest BCUT2D eigenvalue weighted by Gasteiger charge is -2.32. The number of nitrogens with one attached hydrogen (secondary N) is 1. The van der Waals surface area contributed by atoms with Crippen LogP contribution in [0.1, 0.15) is 25.3 Å². The Balaban J connectivity index is 1.48. The highest BCUT2D eigenvalue weighted by Crippen LogP contribution is 2.31. The average Bonchev–Trinajstić information content (AvgIpc) is 2.83. The lowest BCUT2D eigenvalue weighted by molar-refractivity contribution is -0.120. The quantitative estimate of drug-likeness (QED) is 0.893. The molecular formula is C23H25N3O2. The van der Waals surface area contributed by atoms with Crippen molar-refractivity contribution in [3.05, 3.63) is 66.2 Å². The van der Waals surface area contributed by atoms with Gasteiger partial charge in [0.15, 0.2) is 0 Å². The number of anilines is 2. The molecule has 5 heteroatoms. The van der Waals surface area contributed by atoms with Crippen LogP contribution in [0.2, 0.25) is 0 Å². The predicted molar refractivity (Wildman–Crippen MR) is 112 cm³/mol. The van der Waals surface area contributed by atoms with Gasteiger partial charge in [0.2, 0.25) is 11.8 Å². The van der Waals surface area contributed by atoms with Crippen molar-refractivity contribution in [1.29, 1.82) is 0 Å². The summed E-state index contributed by atoms with van der Waals surface area (Å²) >= 11 is 0. The number of carbonyl (C=O) groups is 2. The van der Waals surface area contributed by atoms with Gasteiger partial charge in [0, 0.05) is 25.6 Å². The van der Waals surface area contributed by atoms with Crippen LogP contribution in [-0.2, 0) is 9.59 Å². The maximum absolute atomic E-state index is 13.2. The third kappa shape index (κ3) is 3.85. The van der Waals surface area contributed by atoms with Gasteiger partial charge >= 0.3 is 0 Å². The maximum Gasteiger partial charge on any atom is 0.241 e. The van der Waals surface area contributed by atoms with Crippen molar-refractivity contribution in [2.75, 3.05) is 29.9 Å². The molecule has 2 amide bonds. The Labute approximate surface area is 165 Å². The van der Waals surface area contributed by atoms with Crippen LogP contribution < -0.4 is 10.2 Å². The Morgan fingerprint density at radius 3 is 2.61 bits per heavy atom. The molecule has 0 unspecified atom stereocenters. The van der Waals surface area contributed by atoms with Crippen molar-refractivity contribution in [2.24, 2.45) is 0 Å². The molecule has 4 rings (SSSR count). The second-order valence-corrected chi connectivity index (χ2v) is 7.46. The molecule has 2 heterocycles. The minimum atomic E-state index is -0.170. The van der Waals surface area contributed by atoms with Crippen LogP contribution in [0.3, 0.4) is 0 Å². The Morgan fingerprint density at radius 1 is 1.11 bits per heavy atom. The molecule has 0 aliphatic carbocycles. The largest absolute Gasteiger partial charge is 0.324 e. The number of nitrogens with zero attached hydrogens (tertiary/aromatic N) is 2. The van der Waals surface area contributed by atoms with Crippen molar-refractivity contribution in [3.63, 3.8) is 0 Å². The Kier molecular flexibility index (Phi) is 5.26. The van der Waals surface area contributed by atoms with Gasteiger partial charge in [-0.2, -0.15) is 0 Å². The number of hydrogen-bond donors (Lipinski definition) is 1. The van der Waals surface area contributed by atoms with E-state index >= 15 is 0 Å². The fourth-order valence-corrected chi connectivity index (χ4v) is 4.00. The van der Waals surface area contributed by atoms with E-state index in [1.165, 1.54) is 11.1 Å². The lowest BCUT2D eigenvalue weighted by atomic mass is 9.99. The average molecular weight is 375 g/mol. The molecule has 5 nitrogen and oxygen atoms in total. The number of amides is 2. The van der Waals surface area contributed by atoms with E-state index in [1.54, 1.807) is 4.90 Å². The highest BCUT2D eigenvalue weighted by molar-refractivity contribution is 6.04. The van der Waals surface area contributed by atoms with Gasteiger partial charge in [0.25, 0.3) is 0 Å². The standard InChI is InChI=1S/C23H25N3O2/c1-17-15-22(27)24-20-9-5-6-10-21(20)26(17)23(28)16-25-13-11-19(12-14-25)18-7-3-2-4-8-18/h2-11,17H,12-16H2,1H3,(H,24,27)/t17-/m1/s1. The van der Waals surface area contributed by atoms with Crippen LogP contribution in [-0.4, -0.2) is 42.4 Å². The number of carbonyl (C=O) groups excluding carboxylic acids is 2. The van der Waals surface area contributed by atoms with Crippen LogP contribution in [0, 0.1) is 0 Å². The summed E-state index contributed by atoms with van der Waals surface area (Å²) in [6.45, 7) is 3.90. The van der Waals surface area contributed by atoms with E-state index in [0.717, 1.165) is 25.2 Å². The first kappa shape index (κ1) is 18.4. The molecule has 28 heavy (non-hydrogen) atoms. The Hall–Kier alpha value is -2.92. The van der Waals surface area contributed by atoms with Gasteiger partial charge in [0.05, 0.1) is 17.9 Å². The number of hydrogen-bond acceptors (Lipinski definition) is 3. The second kappa shape index (κ2) is 7.98. The van der Waals surface area contributed by atoms with E-state index in [4.69, 9.17) is 0 Å². The van der Waals surface area contributed by atoms with E-state index in [9.17, 15) is 9.59 Å². The monoisotopic (exact) mass is 375 g/mol. The summed E-state index contributed by atoms with van der Waals surface area (Å²) in [4.78, 5) is 29.2. The van der Waals surface area contributed by atoms with Gasteiger partial charge in [-0.3, -0.25) is 14.5 Å². The zero-order valence-electron chi connectivity index (χ0n) is 16.1. The lowest BCUT2D eigenvalue weighted by Crippen LogP contribution is -2.45. The first-order valence-electron chi connectivity index (χ1n) is 9.79. The fourth-order valence-electron chi connectivity index (χ4n) is 4.00. The SMILES string of the molecule is C[C@@H]1CC(=O)Nc2ccccc2N1C(=O)CN1CC=C(c2ccccc2)CC1. The highest BCUT2D eigenvalue weighted by atomic mass is 16.2. The predicted octanol–water partition coefficient (Wildman–Crippen LogP) is 3.54. The van der Waals surface area contributed by atoms with Crippen molar-refractivity contribution in [2.45, 2.75) is 25.8 Å². The van der Waals surface area contributed by atoms with Crippen LogP contribution >= 0.6 is 0 Å². The molecular weight excluding hydrogens is 350 g/mol. The smallest absolute Gasteiger partial charge is 0.241 e. The molecule has 2 aliphatic rings. The number of fused-ring (bicyclic) bond motifs is 1. The van der Waals surface area contributed by atoms with E-state index in [-0.39, 0.29) is 17.9 Å². The summed E-state index contributed by atoms with van der Waals surface area (Å²) in [5.74, 6) is -0.0170. The van der Waals surface area contributed by atoms with Gasteiger partial charge in [-0.1, -0.05) is 48.5 Å². The summed E-state index contributed by atoms with van der Waals surface area (Å²) in [6.07, 6.45) is 3.46. The van der Waals surface area contributed by atoms with Crippen molar-refractivity contribution in [1.82, 2.24) is 4.90 Å². The molecule has 0 bridgehead atoms. The molecule has 2 aliphatic heterocycles. The van der Waals surface area contributed by atoms with Crippen molar-refractivity contribution in [3.8, 4) is 0 Å².